The van der Waals surface area contributed by atoms with Gasteiger partial charge in [0, 0.05) is 11.6 Å². The maximum absolute atomic E-state index is 15.0. The van der Waals surface area contributed by atoms with E-state index in [4.69, 9.17) is 10.8 Å². The van der Waals surface area contributed by atoms with Crippen LogP contribution in [-0.4, -0.2) is 15.2 Å². The average molecular weight is 564 g/mol. The quantitative estimate of drug-likeness (QED) is 0.251. The minimum atomic E-state index is -0.798. The van der Waals surface area contributed by atoms with Crippen LogP contribution in [0.2, 0.25) is 0 Å². The van der Waals surface area contributed by atoms with Crippen LogP contribution in [0.5, 0.6) is 0 Å². The Bertz CT molecular complexity index is 1530. The lowest BCUT2D eigenvalue weighted by Gasteiger charge is -2.36. The second-order valence-electron chi connectivity index (χ2n) is 10.3. The highest BCUT2D eigenvalue weighted by atomic mass is 32.2. The molecule has 4 aromatic rings. The van der Waals surface area contributed by atoms with Gasteiger partial charge in [-0.2, -0.15) is 5.10 Å². The number of halogens is 2. The maximum atomic E-state index is 15.0. The SMILES string of the molecule is Cc1cc(C)cc(C(N)CCC2(c3cc(C)cc(C)c3)SC(c3cc(F)ccc3F)=NN2c2nnc(C)s2)c1. The molecule has 2 N–H and O–H groups in total. The van der Waals surface area contributed by atoms with Crippen molar-refractivity contribution in [2.45, 2.75) is 58.4 Å². The van der Waals surface area contributed by atoms with Crippen LogP contribution >= 0.6 is 23.1 Å². The number of anilines is 1. The van der Waals surface area contributed by atoms with E-state index in [0.717, 1.165) is 50.5 Å². The summed E-state index contributed by atoms with van der Waals surface area (Å²) in [6.07, 6.45) is 1.21. The second kappa shape index (κ2) is 10.8. The van der Waals surface area contributed by atoms with Gasteiger partial charge in [-0.05, 0) is 76.8 Å². The zero-order chi connectivity index (χ0) is 27.9. The number of benzene rings is 3. The standard InChI is InChI=1S/C30H31F2N5S2/c1-17-10-18(2)13-22(12-17)27(33)8-9-30(23-14-19(3)11-20(4)15-23)37(29-35-34-21(5)38-29)36-28(39-30)25-16-24(31)6-7-26(25)32/h6-7,10-16,27H,8-9,33H2,1-5H3. The fraction of sp³-hybridized carbons (Fsp3) is 0.300. The first kappa shape index (κ1) is 27.4. The van der Waals surface area contributed by atoms with E-state index in [2.05, 4.69) is 74.3 Å². The molecule has 2 heterocycles. The lowest BCUT2D eigenvalue weighted by Crippen LogP contribution is -2.38. The highest BCUT2D eigenvalue weighted by Gasteiger charge is 2.48. The van der Waals surface area contributed by atoms with E-state index in [1.807, 2.05) is 11.9 Å². The summed E-state index contributed by atoms with van der Waals surface area (Å²) in [5.41, 5.74) is 13.5. The number of hydrogen-bond donors (Lipinski definition) is 1. The van der Waals surface area contributed by atoms with Gasteiger partial charge in [0.2, 0.25) is 5.13 Å². The highest BCUT2D eigenvalue weighted by molar-refractivity contribution is 8.15. The molecule has 3 aromatic carbocycles. The number of thioether (sulfide) groups is 1. The number of aromatic nitrogens is 2. The summed E-state index contributed by atoms with van der Waals surface area (Å²) in [5, 5.41) is 17.1. The van der Waals surface area contributed by atoms with Crippen LogP contribution in [0.3, 0.4) is 0 Å². The Labute approximate surface area is 236 Å². The van der Waals surface area contributed by atoms with Gasteiger partial charge in [0.25, 0.3) is 0 Å². The number of nitrogens with two attached hydrogens (primary N) is 1. The van der Waals surface area contributed by atoms with E-state index in [9.17, 15) is 4.39 Å². The van der Waals surface area contributed by atoms with Gasteiger partial charge in [-0.25, -0.2) is 13.8 Å². The molecule has 0 saturated heterocycles. The summed E-state index contributed by atoms with van der Waals surface area (Å²) >= 11 is 2.83. The molecule has 0 fully saturated rings. The fourth-order valence-electron chi connectivity index (χ4n) is 5.16. The van der Waals surface area contributed by atoms with Crippen molar-refractivity contribution in [3.8, 4) is 0 Å². The molecule has 0 saturated carbocycles. The predicted molar refractivity (Wildman–Crippen MR) is 157 cm³/mol. The molecule has 0 bridgehead atoms. The zero-order valence-corrected chi connectivity index (χ0v) is 24.3. The summed E-state index contributed by atoms with van der Waals surface area (Å²) in [6, 6.07) is 16.0. The molecule has 1 aromatic heterocycles. The van der Waals surface area contributed by atoms with Crippen LogP contribution < -0.4 is 10.7 Å². The average Bonchev–Trinajstić information content (AvgIpc) is 3.47. The van der Waals surface area contributed by atoms with Crippen LogP contribution in [0.4, 0.5) is 13.9 Å². The van der Waals surface area contributed by atoms with Gasteiger partial charge < -0.3 is 5.73 Å². The summed E-state index contributed by atoms with van der Waals surface area (Å²) in [7, 11) is 0. The molecule has 0 amide bonds. The summed E-state index contributed by atoms with van der Waals surface area (Å²) in [6.45, 7) is 10.1. The van der Waals surface area contributed by atoms with Crippen molar-refractivity contribution < 1.29 is 8.78 Å². The van der Waals surface area contributed by atoms with E-state index >= 15 is 4.39 Å². The Morgan fingerprint density at radius 2 is 1.51 bits per heavy atom. The Kier molecular flexibility index (Phi) is 7.59. The first-order valence-corrected chi connectivity index (χ1v) is 14.4. The molecule has 2 atom stereocenters. The monoisotopic (exact) mass is 563 g/mol. The number of rotatable bonds is 7. The van der Waals surface area contributed by atoms with Crippen LogP contribution in [0.25, 0.3) is 0 Å². The first-order chi connectivity index (χ1) is 18.5. The summed E-state index contributed by atoms with van der Waals surface area (Å²) < 4.78 is 29.3. The van der Waals surface area contributed by atoms with Crippen molar-refractivity contribution in [2.24, 2.45) is 10.8 Å². The van der Waals surface area contributed by atoms with Crippen LogP contribution in [-0.2, 0) is 4.87 Å². The molecule has 5 rings (SSSR count). The van der Waals surface area contributed by atoms with Crippen molar-refractivity contribution in [3.63, 3.8) is 0 Å². The lowest BCUT2D eigenvalue weighted by atomic mass is 9.92. The lowest BCUT2D eigenvalue weighted by molar-refractivity contribution is 0.485. The van der Waals surface area contributed by atoms with Gasteiger partial charge in [-0.15, -0.1) is 10.2 Å². The number of nitrogens with zero attached hydrogens (tertiary/aromatic N) is 4. The maximum Gasteiger partial charge on any atom is 0.230 e. The Morgan fingerprint density at radius 3 is 2.13 bits per heavy atom. The molecule has 5 nitrogen and oxygen atoms in total. The Hall–Kier alpha value is -3.14. The topological polar surface area (TPSA) is 67.4 Å². The van der Waals surface area contributed by atoms with Gasteiger partial charge in [0.15, 0.2) is 0 Å². The van der Waals surface area contributed by atoms with Crippen molar-refractivity contribution in [2.75, 3.05) is 5.01 Å². The third-order valence-electron chi connectivity index (χ3n) is 6.79. The molecule has 39 heavy (non-hydrogen) atoms. The Balaban J connectivity index is 1.64. The third kappa shape index (κ3) is 5.62. The molecule has 1 aliphatic rings. The predicted octanol–water partition coefficient (Wildman–Crippen LogP) is 7.61. The molecule has 0 radical (unpaired) electrons. The summed E-state index contributed by atoms with van der Waals surface area (Å²) in [5.74, 6) is -1.05. The molecular weight excluding hydrogens is 532 g/mol. The molecular formula is C30H31F2N5S2. The zero-order valence-electron chi connectivity index (χ0n) is 22.6. The van der Waals surface area contributed by atoms with E-state index < -0.39 is 16.5 Å². The third-order valence-corrected chi connectivity index (χ3v) is 9.05. The smallest absolute Gasteiger partial charge is 0.230 e. The molecule has 9 heteroatoms. The van der Waals surface area contributed by atoms with Crippen molar-refractivity contribution in [3.05, 3.63) is 110 Å². The molecule has 2 unspecified atom stereocenters. The normalized spacial score (nSPS) is 17.9. The van der Waals surface area contributed by atoms with E-state index in [0.29, 0.717) is 23.0 Å². The molecule has 0 aliphatic carbocycles. The van der Waals surface area contributed by atoms with Crippen LogP contribution in [0.15, 0.2) is 59.7 Å². The number of hydrogen-bond acceptors (Lipinski definition) is 7. The van der Waals surface area contributed by atoms with Gasteiger partial charge in [-0.1, -0.05) is 81.8 Å². The van der Waals surface area contributed by atoms with Crippen molar-refractivity contribution >= 4 is 33.3 Å². The minimum absolute atomic E-state index is 0.121. The molecule has 1 aliphatic heterocycles. The van der Waals surface area contributed by atoms with Crippen LogP contribution in [0.1, 0.15) is 62.8 Å². The Morgan fingerprint density at radius 1 is 0.872 bits per heavy atom. The van der Waals surface area contributed by atoms with E-state index in [-0.39, 0.29) is 11.6 Å². The van der Waals surface area contributed by atoms with Gasteiger partial charge >= 0.3 is 0 Å². The van der Waals surface area contributed by atoms with E-state index in [1.54, 1.807) is 0 Å². The number of aryl methyl sites for hydroxylation is 5. The molecule has 0 spiro atoms. The first-order valence-electron chi connectivity index (χ1n) is 12.8. The number of hydrazone groups is 1. The fourth-order valence-corrected chi connectivity index (χ4v) is 7.31. The van der Waals surface area contributed by atoms with Crippen molar-refractivity contribution in [1.29, 1.82) is 0 Å². The largest absolute Gasteiger partial charge is 0.324 e. The van der Waals surface area contributed by atoms with Gasteiger partial charge in [-0.3, -0.25) is 0 Å². The second-order valence-corrected chi connectivity index (χ2v) is 12.7. The minimum Gasteiger partial charge on any atom is -0.324 e. The summed E-state index contributed by atoms with van der Waals surface area (Å²) in [4.78, 5) is -0.798. The van der Waals surface area contributed by atoms with E-state index in [1.165, 1.54) is 29.2 Å². The van der Waals surface area contributed by atoms with Gasteiger partial charge in [0.1, 0.15) is 26.6 Å². The molecule has 202 valence electrons. The van der Waals surface area contributed by atoms with Gasteiger partial charge in [0.05, 0.1) is 0 Å². The van der Waals surface area contributed by atoms with Crippen molar-refractivity contribution in [1.82, 2.24) is 10.2 Å². The highest BCUT2D eigenvalue weighted by Crippen LogP contribution is 2.53. The van der Waals surface area contributed by atoms with Crippen LogP contribution in [0, 0.1) is 46.3 Å².